The molecule has 3 unspecified atom stereocenters. The molecule has 0 radical (unpaired) electrons. The Balaban J connectivity index is 0.00000364. The zero-order valence-electron chi connectivity index (χ0n) is 16.6. The first-order valence-corrected chi connectivity index (χ1v) is 11.0. The van der Waals surface area contributed by atoms with Gasteiger partial charge in [0.05, 0.1) is 13.2 Å². The molecule has 8 heteroatoms. The van der Waals surface area contributed by atoms with E-state index in [1.54, 1.807) is 6.20 Å². The van der Waals surface area contributed by atoms with E-state index in [1.807, 2.05) is 26.0 Å². The fourth-order valence-electron chi connectivity index (χ4n) is 3.24. The van der Waals surface area contributed by atoms with E-state index in [4.69, 9.17) is 9.73 Å². The molecule has 2 rings (SSSR count). The maximum absolute atomic E-state index is 12.2. The van der Waals surface area contributed by atoms with Gasteiger partial charge in [0.15, 0.2) is 5.96 Å². The Hall–Kier alpha value is -0.900. The van der Waals surface area contributed by atoms with E-state index in [2.05, 4.69) is 22.5 Å². The summed E-state index contributed by atoms with van der Waals surface area (Å²) in [6.07, 6.45) is 5.96. The second kappa shape index (κ2) is 13.3. The molecule has 3 atom stereocenters. The van der Waals surface area contributed by atoms with E-state index in [0.717, 1.165) is 49.5 Å². The minimum atomic E-state index is -0.717. The number of guanidine groups is 1. The van der Waals surface area contributed by atoms with Gasteiger partial charge in [-0.25, -0.2) is 9.98 Å². The minimum Gasteiger partial charge on any atom is -0.478 e. The first-order valence-electron chi connectivity index (χ1n) is 9.66. The van der Waals surface area contributed by atoms with Crippen LogP contribution in [0.15, 0.2) is 23.3 Å². The van der Waals surface area contributed by atoms with Crippen LogP contribution in [0, 0.1) is 0 Å². The SMILES string of the molecule is CCNC(=NCc1cccnc1OCC)NC1CCCC(S(=O)CC)C1.I. The van der Waals surface area contributed by atoms with Crippen LogP contribution in [0.2, 0.25) is 0 Å². The molecule has 1 aromatic rings. The first kappa shape index (κ1) is 24.1. The number of hydrogen-bond acceptors (Lipinski definition) is 4. The number of aliphatic imine (C=N–C) groups is 1. The van der Waals surface area contributed by atoms with Gasteiger partial charge in [-0.2, -0.15) is 0 Å². The summed E-state index contributed by atoms with van der Waals surface area (Å²) in [5.74, 6) is 2.18. The van der Waals surface area contributed by atoms with Crippen LogP contribution < -0.4 is 15.4 Å². The predicted octanol–water partition coefficient (Wildman–Crippen LogP) is 3.23. The molecule has 0 bridgehead atoms. The molecule has 6 nitrogen and oxygen atoms in total. The van der Waals surface area contributed by atoms with Crippen LogP contribution in [0.25, 0.3) is 0 Å². The average Bonchev–Trinajstić information content (AvgIpc) is 2.67. The van der Waals surface area contributed by atoms with E-state index in [-0.39, 0.29) is 24.0 Å². The summed E-state index contributed by atoms with van der Waals surface area (Å²) in [6.45, 7) is 7.91. The van der Waals surface area contributed by atoms with E-state index >= 15 is 0 Å². The van der Waals surface area contributed by atoms with Gasteiger partial charge < -0.3 is 15.4 Å². The molecule has 0 amide bonds. The molecule has 2 N–H and O–H groups in total. The molecule has 27 heavy (non-hydrogen) atoms. The molecular formula is C19H33IN4O2S. The average molecular weight is 508 g/mol. The van der Waals surface area contributed by atoms with Gasteiger partial charge >= 0.3 is 0 Å². The Morgan fingerprint density at radius 2 is 2.19 bits per heavy atom. The first-order chi connectivity index (χ1) is 12.7. The zero-order chi connectivity index (χ0) is 18.8. The largest absolute Gasteiger partial charge is 0.478 e. The van der Waals surface area contributed by atoms with Crippen LogP contribution in [0.4, 0.5) is 0 Å². The lowest BCUT2D eigenvalue weighted by molar-refractivity contribution is 0.323. The van der Waals surface area contributed by atoms with Gasteiger partial charge in [-0.1, -0.05) is 19.4 Å². The fraction of sp³-hybridized carbons (Fsp3) is 0.684. The van der Waals surface area contributed by atoms with Crippen molar-refractivity contribution in [2.24, 2.45) is 4.99 Å². The van der Waals surface area contributed by atoms with Crippen molar-refractivity contribution in [1.82, 2.24) is 15.6 Å². The number of aromatic nitrogens is 1. The molecule has 154 valence electrons. The third kappa shape index (κ3) is 7.93. The number of hydrogen-bond donors (Lipinski definition) is 2. The van der Waals surface area contributed by atoms with E-state index < -0.39 is 10.8 Å². The van der Waals surface area contributed by atoms with Gasteiger partial charge in [0.25, 0.3) is 0 Å². The molecule has 1 aromatic heterocycles. The standard InChI is InChI=1S/C19H32N4O2S.HI/c1-4-20-19(22-14-15-9-8-12-21-18(15)25-5-2)23-16-10-7-11-17(13-16)26(24)6-3;/h8-9,12,16-17H,4-7,10-11,13-14H2,1-3H3,(H2,20,22,23);1H. The minimum absolute atomic E-state index is 0. The molecular weight excluding hydrogens is 475 g/mol. The lowest BCUT2D eigenvalue weighted by Gasteiger charge is -2.30. The monoisotopic (exact) mass is 508 g/mol. The lowest BCUT2D eigenvalue weighted by Crippen LogP contribution is -2.46. The van der Waals surface area contributed by atoms with Gasteiger partial charge in [0, 0.05) is 46.1 Å². The molecule has 1 aliphatic carbocycles. The van der Waals surface area contributed by atoms with Crippen molar-refractivity contribution < 1.29 is 8.95 Å². The number of rotatable bonds is 8. The summed E-state index contributed by atoms with van der Waals surface area (Å²) < 4.78 is 17.7. The molecule has 1 heterocycles. The van der Waals surface area contributed by atoms with Crippen LogP contribution in [0.1, 0.15) is 52.0 Å². The van der Waals surface area contributed by atoms with Gasteiger partial charge in [-0.3, -0.25) is 4.21 Å². The maximum Gasteiger partial charge on any atom is 0.218 e. The van der Waals surface area contributed by atoms with Gasteiger partial charge in [0.1, 0.15) is 0 Å². The summed E-state index contributed by atoms with van der Waals surface area (Å²) in [6, 6.07) is 4.22. The van der Waals surface area contributed by atoms with Crippen molar-refractivity contribution in [3.8, 4) is 5.88 Å². The molecule has 0 aliphatic heterocycles. The molecule has 0 aromatic carbocycles. The third-order valence-electron chi connectivity index (χ3n) is 4.51. The quantitative estimate of drug-likeness (QED) is 0.321. The van der Waals surface area contributed by atoms with Gasteiger partial charge in [-0.15, -0.1) is 24.0 Å². The van der Waals surface area contributed by atoms with Crippen molar-refractivity contribution in [3.63, 3.8) is 0 Å². The summed E-state index contributed by atoms with van der Waals surface area (Å²) in [7, 11) is -0.717. The highest BCUT2D eigenvalue weighted by atomic mass is 127. The maximum atomic E-state index is 12.2. The van der Waals surface area contributed by atoms with Gasteiger partial charge in [0.2, 0.25) is 5.88 Å². The summed E-state index contributed by atoms with van der Waals surface area (Å²) >= 11 is 0. The lowest BCUT2D eigenvalue weighted by atomic mass is 9.95. The number of pyridine rings is 1. The van der Waals surface area contributed by atoms with Crippen LogP contribution in [-0.2, 0) is 17.3 Å². The Morgan fingerprint density at radius 3 is 2.89 bits per heavy atom. The Labute approximate surface area is 182 Å². The van der Waals surface area contributed by atoms with Crippen LogP contribution >= 0.6 is 24.0 Å². The third-order valence-corrected chi connectivity index (χ3v) is 6.25. The normalized spacial score (nSPS) is 21.1. The Kier molecular flexibility index (Phi) is 11.9. The molecule has 1 saturated carbocycles. The van der Waals surface area contributed by atoms with Crippen molar-refractivity contribution in [3.05, 3.63) is 23.9 Å². The summed E-state index contributed by atoms with van der Waals surface area (Å²) in [5.41, 5.74) is 0.972. The highest BCUT2D eigenvalue weighted by Gasteiger charge is 2.26. The number of nitrogens with one attached hydrogen (secondary N) is 2. The van der Waals surface area contributed by atoms with Crippen molar-refractivity contribution in [2.45, 2.75) is 64.3 Å². The highest BCUT2D eigenvalue weighted by molar-refractivity contribution is 14.0. The van der Waals surface area contributed by atoms with Crippen LogP contribution in [0.5, 0.6) is 5.88 Å². The van der Waals surface area contributed by atoms with Crippen molar-refractivity contribution in [2.75, 3.05) is 18.9 Å². The Morgan fingerprint density at radius 1 is 1.37 bits per heavy atom. The summed E-state index contributed by atoms with van der Waals surface area (Å²) in [5, 5.41) is 7.15. The predicted molar refractivity (Wildman–Crippen MR) is 123 cm³/mol. The Bertz CT molecular complexity index is 615. The van der Waals surface area contributed by atoms with Gasteiger partial charge in [-0.05, 0) is 39.2 Å². The zero-order valence-corrected chi connectivity index (χ0v) is 19.7. The highest BCUT2D eigenvalue weighted by Crippen LogP contribution is 2.23. The number of nitrogens with zero attached hydrogens (tertiary/aromatic N) is 2. The van der Waals surface area contributed by atoms with Crippen molar-refractivity contribution >= 4 is 40.7 Å². The second-order valence-electron chi connectivity index (χ2n) is 6.40. The van der Waals surface area contributed by atoms with E-state index in [1.165, 1.54) is 0 Å². The summed E-state index contributed by atoms with van der Waals surface area (Å²) in [4.78, 5) is 8.99. The number of halogens is 1. The smallest absolute Gasteiger partial charge is 0.218 e. The van der Waals surface area contributed by atoms with E-state index in [0.29, 0.717) is 30.3 Å². The van der Waals surface area contributed by atoms with Crippen LogP contribution in [0.3, 0.4) is 0 Å². The fourth-order valence-corrected chi connectivity index (χ4v) is 4.59. The second-order valence-corrected chi connectivity index (χ2v) is 8.40. The van der Waals surface area contributed by atoms with Crippen LogP contribution in [-0.4, -0.2) is 45.3 Å². The molecule has 1 fully saturated rings. The topological polar surface area (TPSA) is 75.6 Å². The van der Waals surface area contributed by atoms with E-state index in [9.17, 15) is 4.21 Å². The number of ether oxygens (including phenoxy) is 1. The van der Waals surface area contributed by atoms with Crippen molar-refractivity contribution in [1.29, 1.82) is 0 Å². The molecule has 1 aliphatic rings. The molecule has 0 saturated heterocycles. The molecule has 0 spiro atoms.